The summed E-state index contributed by atoms with van der Waals surface area (Å²) in [4.78, 5) is 18.7. The summed E-state index contributed by atoms with van der Waals surface area (Å²) >= 11 is 0. The van der Waals surface area contributed by atoms with Crippen LogP contribution in [0.2, 0.25) is 0 Å². The molecule has 0 spiro atoms. The van der Waals surface area contributed by atoms with Gasteiger partial charge in [0.05, 0.1) is 37.0 Å². The number of ether oxygens (including phenoxy) is 2. The van der Waals surface area contributed by atoms with Crippen molar-refractivity contribution < 1.29 is 9.47 Å². The van der Waals surface area contributed by atoms with Crippen LogP contribution < -0.4 is 9.80 Å². The minimum absolute atomic E-state index is 0.189. The van der Waals surface area contributed by atoms with Crippen molar-refractivity contribution in [2.24, 2.45) is 0 Å². The Morgan fingerprint density at radius 2 is 1.59 bits per heavy atom. The summed E-state index contributed by atoms with van der Waals surface area (Å²) in [5.41, 5.74) is 3.01. The molecule has 29 heavy (non-hydrogen) atoms. The molecule has 0 amide bonds. The molecule has 0 radical (unpaired) electrons. The molecule has 1 unspecified atom stereocenters. The summed E-state index contributed by atoms with van der Waals surface area (Å²) in [5.74, 6) is 1.92. The van der Waals surface area contributed by atoms with Crippen LogP contribution in [-0.4, -0.2) is 60.4 Å². The van der Waals surface area contributed by atoms with E-state index in [1.165, 1.54) is 0 Å². The molecule has 1 aromatic carbocycles. The lowest BCUT2D eigenvalue weighted by atomic mass is 10.3. The topological polar surface area (TPSA) is 63.6 Å². The molecule has 1 atom stereocenters. The maximum Gasteiger partial charge on any atom is 0.172 e. The van der Waals surface area contributed by atoms with E-state index in [1.807, 2.05) is 36.4 Å². The van der Waals surface area contributed by atoms with E-state index in [0.717, 1.165) is 74.0 Å². The van der Waals surface area contributed by atoms with Gasteiger partial charge in [-0.15, -0.1) is 0 Å². The first-order valence-electron chi connectivity index (χ1n) is 10.2. The van der Waals surface area contributed by atoms with Crippen molar-refractivity contribution in [3.63, 3.8) is 0 Å². The number of pyridine rings is 1. The van der Waals surface area contributed by atoms with Crippen molar-refractivity contribution in [3.05, 3.63) is 54.4 Å². The number of morpholine rings is 1. The lowest BCUT2D eigenvalue weighted by molar-refractivity contribution is 0.0553. The third-order valence-corrected chi connectivity index (χ3v) is 5.52. The van der Waals surface area contributed by atoms with Crippen molar-refractivity contribution in [3.8, 4) is 0 Å². The average molecular weight is 391 g/mol. The van der Waals surface area contributed by atoms with Crippen LogP contribution in [0, 0.1) is 0 Å². The van der Waals surface area contributed by atoms with E-state index < -0.39 is 0 Å². The smallest absolute Gasteiger partial charge is 0.172 e. The Balaban J connectivity index is 1.37. The van der Waals surface area contributed by atoms with Gasteiger partial charge in [0, 0.05) is 38.6 Å². The van der Waals surface area contributed by atoms with Gasteiger partial charge in [0.15, 0.2) is 11.6 Å². The Labute approximate surface area is 170 Å². The number of hydrogen-bond donors (Lipinski definition) is 0. The van der Waals surface area contributed by atoms with Gasteiger partial charge in [0.25, 0.3) is 0 Å². The highest BCUT2D eigenvalue weighted by atomic mass is 16.5. The van der Waals surface area contributed by atoms with Gasteiger partial charge >= 0.3 is 0 Å². The van der Waals surface area contributed by atoms with Gasteiger partial charge in [-0.2, -0.15) is 0 Å². The van der Waals surface area contributed by atoms with Crippen LogP contribution in [0.3, 0.4) is 0 Å². The number of rotatable bonds is 5. The highest BCUT2D eigenvalue weighted by Crippen LogP contribution is 2.31. The van der Waals surface area contributed by atoms with Gasteiger partial charge in [-0.1, -0.05) is 12.1 Å². The van der Waals surface area contributed by atoms with Crippen LogP contribution in [0.5, 0.6) is 0 Å². The average Bonchev–Trinajstić information content (AvgIpc) is 3.27. The van der Waals surface area contributed by atoms with Gasteiger partial charge in [-0.05, 0) is 36.2 Å². The predicted octanol–water partition coefficient (Wildman–Crippen LogP) is 2.66. The highest BCUT2D eigenvalue weighted by Gasteiger charge is 2.29. The molecule has 0 bridgehead atoms. The summed E-state index contributed by atoms with van der Waals surface area (Å²) in [6.45, 7) is 5.50. The number of hydrogen-bond acceptors (Lipinski definition) is 7. The molecule has 0 saturated carbocycles. The zero-order chi connectivity index (χ0) is 19.5. The molecule has 2 aliphatic heterocycles. The molecule has 5 rings (SSSR count). The summed E-state index contributed by atoms with van der Waals surface area (Å²) in [5, 5.41) is 0. The van der Waals surface area contributed by atoms with E-state index >= 15 is 0 Å². The van der Waals surface area contributed by atoms with Crippen molar-refractivity contribution >= 4 is 22.7 Å². The second-order valence-corrected chi connectivity index (χ2v) is 7.48. The maximum atomic E-state index is 6.16. The van der Waals surface area contributed by atoms with Gasteiger partial charge in [-0.3, -0.25) is 4.98 Å². The van der Waals surface area contributed by atoms with Gasteiger partial charge in [0.2, 0.25) is 0 Å². The fourth-order valence-electron chi connectivity index (χ4n) is 3.93. The predicted molar refractivity (Wildman–Crippen MR) is 112 cm³/mol. The summed E-state index contributed by atoms with van der Waals surface area (Å²) in [6.07, 6.45) is 4.79. The SMILES string of the molecule is c1ccc2nc(N3CCC(OCc4ccncc4)C3)c(N3CCOCC3)nc2c1. The second kappa shape index (κ2) is 8.31. The van der Waals surface area contributed by atoms with E-state index in [9.17, 15) is 0 Å². The Hall–Kier alpha value is -2.77. The standard InChI is InChI=1S/C22H25N5O2/c1-2-4-20-19(3-1)24-21(26-11-13-28-14-12-26)22(25-20)27-10-7-18(15-27)29-16-17-5-8-23-9-6-17/h1-6,8-9,18H,7,10-16H2. The third kappa shape index (κ3) is 4.02. The molecular formula is C22H25N5O2. The number of fused-ring (bicyclic) bond motifs is 1. The number of aromatic nitrogens is 3. The van der Waals surface area contributed by atoms with E-state index in [1.54, 1.807) is 12.4 Å². The summed E-state index contributed by atoms with van der Waals surface area (Å²) in [7, 11) is 0. The zero-order valence-corrected chi connectivity index (χ0v) is 16.4. The Morgan fingerprint density at radius 1 is 0.897 bits per heavy atom. The van der Waals surface area contributed by atoms with Crippen LogP contribution in [0.15, 0.2) is 48.8 Å². The summed E-state index contributed by atoms with van der Waals surface area (Å²) < 4.78 is 11.7. The zero-order valence-electron chi connectivity index (χ0n) is 16.4. The fourth-order valence-corrected chi connectivity index (χ4v) is 3.93. The van der Waals surface area contributed by atoms with E-state index in [0.29, 0.717) is 6.61 Å². The molecule has 150 valence electrons. The van der Waals surface area contributed by atoms with Crippen LogP contribution in [-0.2, 0) is 16.1 Å². The largest absolute Gasteiger partial charge is 0.378 e. The maximum absolute atomic E-state index is 6.16. The molecule has 7 heteroatoms. The molecule has 0 N–H and O–H groups in total. The van der Waals surface area contributed by atoms with Crippen LogP contribution in [0.25, 0.3) is 11.0 Å². The number of para-hydroxylation sites is 2. The van der Waals surface area contributed by atoms with Crippen molar-refractivity contribution in [1.82, 2.24) is 15.0 Å². The van der Waals surface area contributed by atoms with Crippen LogP contribution in [0.4, 0.5) is 11.6 Å². The molecular weight excluding hydrogens is 366 g/mol. The number of benzene rings is 1. The molecule has 2 fully saturated rings. The van der Waals surface area contributed by atoms with Gasteiger partial charge < -0.3 is 19.3 Å². The molecule has 2 aliphatic rings. The Morgan fingerprint density at radius 3 is 2.31 bits per heavy atom. The van der Waals surface area contributed by atoms with Gasteiger partial charge in [-0.25, -0.2) is 9.97 Å². The first-order valence-corrected chi connectivity index (χ1v) is 10.2. The lowest BCUT2D eigenvalue weighted by Gasteiger charge is -2.31. The molecule has 4 heterocycles. The van der Waals surface area contributed by atoms with Crippen LogP contribution >= 0.6 is 0 Å². The minimum atomic E-state index is 0.189. The highest BCUT2D eigenvalue weighted by molar-refractivity contribution is 5.81. The monoisotopic (exact) mass is 391 g/mol. The number of nitrogens with zero attached hydrogens (tertiary/aromatic N) is 5. The van der Waals surface area contributed by atoms with E-state index in [4.69, 9.17) is 19.4 Å². The fraction of sp³-hybridized carbons (Fsp3) is 0.409. The lowest BCUT2D eigenvalue weighted by Crippen LogP contribution is -2.38. The Bertz CT molecular complexity index is 962. The van der Waals surface area contributed by atoms with Crippen LogP contribution in [0.1, 0.15) is 12.0 Å². The molecule has 7 nitrogen and oxygen atoms in total. The first kappa shape index (κ1) is 18.3. The van der Waals surface area contributed by atoms with E-state index in [-0.39, 0.29) is 6.10 Å². The minimum Gasteiger partial charge on any atom is -0.378 e. The van der Waals surface area contributed by atoms with Crippen molar-refractivity contribution in [2.45, 2.75) is 19.1 Å². The molecule has 2 saturated heterocycles. The van der Waals surface area contributed by atoms with Crippen molar-refractivity contribution in [2.75, 3.05) is 49.2 Å². The third-order valence-electron chi connectivity index (χ3n) is 5.52. The summed E-state index contributed by atoms with van der Waals surface area (Å²) in [6, 6.07) is 12.1. The van der Waals surface area contributed by atoms with Crippen molar-refractivity contribution in [1.29, 1.82) is 0 Å². The molecule has 2 aromatic heterocycles. The molecule has 3 aromatic rings. The quantitative estimate of drug-likeness (QED) is 0.662. The normalized spacial score (nSPS) is 19.8. The van der Waals surface area contributed by atoms with Gasteiger partial charge in [0.1, 0.15) is 0 Å². The number of anilines is 2. The first-order chi connectivity index (χ1) is 14.4. The Kier molecular flexibility index (Phi) is 5.23. The second-order valence-electron chi connectivity index (χ2n) is 7.48. The van der Waals surface area contributed by atoms with E-state index in [2.05, 4.69) is 14.8 Å². The molecule has 0 aliphatic carbocycles.